The smallest absolute Gasteiger partial charge is 0.276 e. The molecule has 0 aliphatic heterocycles. The lowest BCUT2D eigenvalue weighted by Gasteiger charge is -2.17. The molecule has 1 amide bonds. The maximum absolute atomic E-state index is 12.5. The Hall–Kier alpha value is -2.99. The number of benzene rings is 2. The molecule has 4 rings (SSSR count). The van der Waals surface area contributed by atoms with E-state index in [1.165, 1.54) is 0 Å². The van der Waals surface area contributed by atoms with E-state index < -0.39 is 23.5 Å². The molecule has 2 aromatic carbocycles. The summed E-state index contributed by atoms with van der Waals surface area (Å²) in [6.07, 6.45) is -0.242. The van der Waals surface area contributed by atoms with Crippen molar-refractivity contribution in [3.8, 4) is 0 Å². The monoisotopic (exact) mass is 321 g/mol. The van der Waals surface area contributed by atoms with Crippen LogP contribution in [0.5, 0.6) is 0 Å². The highest BCUT2D eigenvalue weighted by molar-refractivity contribution is 5.95. The van der Waals surface area contributed by atoms with Crippen LogP contribution >= 0.6 is 0 Å². The fraction of sp³-hybridized carbons (Fsp3) is 0.167. The molecular weight excluding hydrogens is 306 g/mol. The average molecular weight is 321 g/mol. The lowest BCUT2D eigenvalue weighted by molar-refractivity contribution is 0.0851. The topological polar surface area (TPSA) is 95.1 Å². The van der Waals surface area contributed by atoms with Crippen molar-refractivity contribution in [3.63, 3.8) is 0 Å². The lowest BCUT2D eigenvalue weighted by Crippen LogP contribution is -2.37. The van der Waals surface area contributed by atoms with Gasteiger partial charge in [0.1, 0.15) is 0 Å². The zero-order valence-electron chi connectivity index (χ0n) is 12.7. The van der Waals surface area contributed by atoms with Gasteiger partial charge in [0.15, 0.2) is 5.69 Å². The molecule has 0 bridgehead atoms. The van der Waals surface area contributed by atoms with Crippen LogP contribution in [0.1, 0.15) is 27.7 Å². The van der Waals surface area contributed by atoms with Gasteiger partial charge < -0.3 is 10.4 Å². The van der Waals surface area contributed by atoms with Crippen LogP contribution in [-0.4, -0.2) is 27.3 Å². The molecule has 1 aliphatic carbocycles. The van der Waals surface area contributed by atoms with Crippen molar-refractivity contribution in [1.82, 2.24) is 15.5 Å². The largest absolute Gasteiger partial charge is 0.390 e. The van der Waals surface area contributed by atoms with Crippen molar-refractivity contribution in [1.29, 1.82) is 0 Å². The fourth-order valence-corrected chi connectivity index (χ4v) is 3.18. The first-order chi connectivity index (χ1) is 11.6. The van der Waals surface area contributed by atoms with Gasteiger partial charge in [-0.25, -0.2) is 0 Å². The summed E-state index contributed by atoms with van der Waals surface area (Å²) in [4.78, 5) is 25.0. The third-order valence-corrected chi connectivity index (χ3v) is 4.38. The van der Waals surface area contributed by atoms with Gasteiger partial charge in [-0.1, -0.05) is 36.4 Å². The second-order valence-electron chi connectivity index (χ2n) is 5.87. The lowest BCUT2D eigenvalue weighted by atomic mass is 10.1. The van der Waals surface area contributed by atoms with Gasteiger partial charge in [0.2, 0.25) is 5.43 Å². The summed E-state index contributed by atoms with van der Waals surface area (Å²) >= 11 is 0. The molecule has 3 N–H and O–H groups in total. The zero-order valence-corrected chi connectivity index (χ0v) is 12.7. The first kappa shape index (κ1) is 14.6. The number of aliphatic hydroxyl groups is 1. The number of fused-ring (bicyclic) bond motifs is 2. The molecule has 0 spiro atoms. The summed E-state index contributed by atoms with van der Waals surface area (Å²) in [5, 5.41) is 20.0. The highest BCUT2D eigenvalue weighted by atomic mass is 16.3. The standard InChI is InChI=1S/C18H15N3O3/c22-14-9-10-5-1-2-6-11(10)15(14)19-18(24)16-17(23)12-7-3-4-8-13(12)20-21-16/h1-8,14-15,22H,9H2,(H,19,24)(H,20,23)/t14-,15+/m0/s1. The molecule has 0 radical (unpaired) electrons. The van der Waals surface area contributed by atoms with Gasteiger partial charge in [-0.3, -0.25) is 14.7 Å². The van der Waals surface area contributed by atoms with Crippen LogP contribution < -0.4 is 10.7 Å². The van der Waals surface area contributed by atoms with Crippen molar-refractivity contribution < 1.29 is 9.90 Å². The number of hydrogen-bond donors (Lipinski definition) is 3. The number of hydrogen-bond acceptors (Lipinski definition) is 4. The van der Waals surface area contributed by atoms with E-state index in [0.29, 0.717) is 17.3 Å². The first-order valence-electron chi connectivity index (χ1n) is 7.69. The molecule has 24 heavy (non-hydrogen) atoms. The number of nitrogens with one attached hydrogen (secondary N) is 2. The number of aromatic nitrogens is 2. The molecule has 1 heterocycles. The van der Waals surface area contributed by atoms with Crippen molar-refractivity contribution in [3.05, 3.63) is 75.6 Å². The Balaban J connectivity index is 1.68. The highest BCUT2D eigenvalue weighted by Gasteiger charge is 2.32. The quantitative estimate of drug-likeness (QED) is 0.663. The van der Waals surface area contributed by atoms with Gasteiger partial charge in [-0.05, 0) is 23.3 Å². The van der Waals surface area contributed by atoms with Crippen molar-refractivity contribution >= 4 is 16.8 Å². The molecule has 6 nitrogen and oxygen atoms in total. The second kappa shape index (κ2) is 5.58. The number of nitrogens with zero attached hydrogens (tertiary/aromatic N) is 1. The van der Waals surface area contributed by atoms with E-state index in [4.69, 9.17) is 0 Å². The third-order valence-electron chi connectivity index (χ3n) is 4.38. The predicted molar refractivity (Wildman–Crippen MR) is 88.7 cm³/mol. The number of rotatable bonds is 2. The van der Waals surface area contributed by atoms with Crippen LogP contribution in [0.3, 0.4) is 0 Å². The molecule has 6 heteroatoms. The van der Waals surface area contributed by atoms with Crippen molar-refractivity contribution in [2.75, 3.05) is 0 Å². The maximum Gasteiger partial charge on any atom is 0.276 e. The summed E-state index contributed by atoms with van der Waals surface area (Å²) in [5.74, 6) is -0.595. The van der Waals surface area contributed by atoms with E-state index in [1.54, 1.807) is 24.3 Å². The van der Waals surface area contributed by atoms with Crippen molar-refractivity contribution in [2.45, 2.75) is 18.6 Å². The van der Waals surface area contributed by atoms with Gasteiger partial charge in [-0.2, -0.15) is 5.10 Å². The molecular formula is C18H15N3O3. The minimum atomic E-state index is -0.717. The van der Waals surface area contributed by atoms with Crippen LogP contribution in [0.4, 0.5) is 0 Å². The Labute approximate surface area is 137 Å². The normalized spacial score (nSPS) is 19.2. The number of carbonyl (C=O) groups excluding carboxylic acids is 1. The van der Waals surface area contributed by atoms with Crippen LogP contribution in [0.25, 0.3) is 10.9 Å². The van der Waals surface area contributed by atoms with E-state index in [0.717, 1.165) is 11.1 Å². The van der Waals surface area contributed by atoms with Crippen LogP contribution in [0.15, 0.2) is 53.3 Å². The third kappa shape index (κ3) is 2.28. The number of amides is 1. The number of H-pyrrole nitrogens is 1. The number of para-hydroxylation sites is 1. The van der Waals surface area contributed by atoms with E-state index in [2.05, 4.69) is 15.5 Å². The Morgan fingerprint density at radius 1 is 1.17 bits per heavy atom. The zero-order chi connectivity index (χ0) is 16.7. The van der Waals surface area contributed by atoms with Gasteiger partial charge in [0.05, 0.1) is 17.7 Å². The minimum Gasteiger partial charge on any atom is -0.390 e. The van der Waals surface area contributed by atoms with Crippen LogP contribution in [-0.2, 0) is 6.42 Å². The molecule has 0 unspecified atom stereocenters. The predicted octanol–water partition coefficient (Wildman–Crippen LogP) is 1.31. The molecule has 3 aromatic rings. The molecule has 1 aromatic heterocycles. The first-order valence-corrected chi connectivity index (χ1v) is 7.69. The Kier molecular flexibility index (Phi) is 3.39. The molecule has 120 valence electrons. The Morgan fingerprint density at radius 3 is 2.79 bits per heavy atom. The number of aliphatic hydroxyl groups excluding tert-OH is 1. The highest BCUT2D eigenvalue weighted by Crippen LogP contribution is 2.31. The minimum absolute atomic E-state index is 0.203. The average Bonchev–Trinajstić information content (AvgIpc) is 2.91. The molecule has 0 saturated heterocycles. The maximum atomic E-state index is 12.5. The molecule has 0 saturated carbocycles. The van der Waals surface area contributed by atoms with E-state index in [-0.39, 0.29) is 5.69 Å². The molecule has 0 fully saturated rings. The second-order valence-corrected chi connectivity index (χ2v) is 5.87. The fourth-order valence-electron chi connectivity index (χ4n) is 3.18. The Morgan fingerprint density at radius 2 is 1.92 bits per heavy atom. The summed E-state index contributed by atoms with van der Waals surface area (Å²) in [5.41, 5.74) is 1.81. The van der Waals surface area contributed by atoms with E-state index in [9.17, 15) is 14.7 Å². The summed E-state index contributed by atoms with van der Waals surface area (Å²) in [6, 6.07) is 13.9. The van der Waals surface area contributed by atoms with E-state index in [1.807, 2.05) is 24.3 Å². The van der Waals surface area contributed by atoms with Crippen LogP contribution in [0.2, 0.25) is 0 Å². The van der Waals surface area contributed by atoms with Gasteiger partial charge in [0.25, 0.3) is 5.91 Å². The van der Waals surface area contributed by atoms with E-state index >= 15 is 0 Å². The number of aromatic amines is 1. The van der Waals surface area contributed by atoms with Crippen molar-refractivity contribution in [2.24, 2.45) is 0 Å². The SMILES string of the molecule is O=C(N[C@@H]1c2ccccc2C[C@@H]1O)c1n[nH]c2ccccc2c1=O. The number of carbonyl (C=O) groups is 1. The summed E-state index contributed by atoms with van der Waals surface area (Å²) < 4.78 is 0. The van der Waals surface area contributed by atoms with Gasteiger partial charge >= 0.3 is 0 Å². The molecule has 2 atom stereocenters. The summed E-state index contributed by atoms with van der Waals surface area (Å²) in [6.45, 7) is 0. The van der Waals surface area contributed by atoms with Crippen LogP contribution in [0, 0.1) is 0 Å². The van der Waals surface area contributed by atoms with Gasteiger partial charge in [-0.15, -0.1) is 0 Å². The van der Waals surface area contributed by atoms with Gasteiger partial charge in [0, 0.05) is 11.8 Å². The summed E-state index contributed by atoms with van der Waals surface area (Å²) in [7, 11) is 0. The molecule has 1 aliphatic rings. The Bertz CT molecular complexity index is 996.